The fourth-order valence-electron chi connectivity index (χ4n) is 5.47. The first-order chi connectivity index (χ1) is 11.1. The number of allylic oxidation sites excluding steroid dienone is 4. The third kappa shape index (κ3) is 1.66. The van der Waals surface area contributed by atoms with Gasteiger partial charge in [0, 0.05) is 18.5 Å². The SMILES string of the molecule is CN1OC2(C)C(=CC(=O)C3=CCCCC32)C2=C1C1=C(CCC1)C2. The van der Waals surface area contributed by atoms with E-state index in [0.29, 0.717) is 0 Å². The third-order valence-corrected chi connectivity index (χ3v) is 6.46. The Morgan fingerprint density at radius 2 is 2.13 bits per heavy atom. The summed E-state index contributed by atoms with van der Waals surface area (Å²) >= 11 is 0. The van der Waals surface area contributed by atoms with Crippen LogP contribution in [0.25, 0.3) is 0 Å². The largest absolute Gasteiger partial charge is 0.290 e. The van der Waals surface area contributed by atoms with Crippen molar-refractivity contribution in [3.05, 3.63) is 45.7 Å². The van der Waals surface area contributed by atoms with Crippen LogP contribution < -0.4 is 0 Å². The number of carbonyl (C=O) groups is 1. The van der Waals surface area contributed by atoms with Gasteiger partial charge in [0.15, 0.2) is 5.78 Å². The third-order valence-electron chi connectivity index (χ3n) is 6.46. The van der Waals surface area contributed by atoms with Crippen molar-refractivity contribution in [1.29, 1.82) is 0 Å². The molecule has 0 amide bonds. The molecule has 0 saturated carbocycles. The van der Waals surface area contributed by atoms with Crippen LogP contribution in [0.4, 0.5) is 0 Å². The molecule has 23 heavy (non-hydrogen) atoms. The van der Waals surface area contributed by atoms with E-state index in [1.54, 1.807) is 5.57 Å². The Morgan fingerprint density at radius 3 is 3.00 bits per heavy atom. The van der Waals surface area contributed by atoms with E-state index >= 15 is 0 Å². The zero-order valence-electron chi connectivity index (χ0n) is 13.9. The number of rotatable bonds is 0. The van der Waals surface area contributed by atoms with Gasteiger partial charge < -0.3 is 0 Å². The van der Waals surface area contributed by atoms with Crippen LogP contribution in [0.3, 0.4) is 0 Å². The van der Waals surface area contributed by atoms with Crippen LogP contribution in [0.15, 0.2) is 45.7 Å². The van der Waals surface area contributed by atoms with Crippen molar-refractivity contribution >= 4 is 5.78 Å². The Bertz CT molecular complexity index is 752. The maximum absolute atomic E-state index is 12.7. The van der Waals surface area contributed by atoms with Gasteiger partial charge in [0.05, 0.1) is 5.70 Å². The lowest BCUT2D eigenvalue weighted by molar-refractivity contribution is -0.215. The van der Waals surface area contributed by atoms with Crippen LogP contribution in [-0.2, 0) is 9.63 Å². The molecule has 3 heteroatoms. The van der Waals surface area contributed by atoms with E-state index in [4.69, 9.17) is 4.84 Å². The van der Waals surface area contributed by atoms with E-state index < -0.39 is 0 Å². The molecule has 0 saturated heterocycles. The summed E-state index contributed by atoms with van der Waals surface area (Å²) in [4.78, 5) is 19.2. The van der Waals surface area contributed by atoms with Crippen molar-refractivity contribution < 1.29 is 9.63 Å². The molecule has 0 spiro atoms. The molecule has 0 aromatic heterocycles. The van der Waals surface area contributed by atoms with E-state index in [0.717, 1.165) is 43.3 Å². The van der Waals surface area contributed by atoms with Crippen LogP contribution in [0, 0.1) is 5.92 Å². The lowest BCUT2D eigenvalue weighted by Crippen LogP contribution is -2.52. The smallest absolute Gasteiger partial charge is 0.182 e. The fraction of sp³-hybridized carbons (Fsp3) is 0.550. The van der Waals surface area contributed by atoms with Crippen molar-refractivity contribution in [3.8, 4) is 0 Å². The van der Waals surface area contributed by atoms with Gasteiger partial charge >= 0.3 is 0 Å². The summed E-state index contributed by atoms with van der Waals surface area (Å²) in [5, 5.41) is 2.02. The zero-order valence-corrected chi connectivity index (χ0v) is 13.9. The Balaban J connectivity index is 1.69. The van der Waals surface area contributed by atoms with Gasteiger partial charge in [0.1, 0.15) is 5.60 Å². The molecular weight excluding hydrogens is 286 g/mol. The number of fused-ring (bicyclic) bond motifs is 5. The van der Waals surface area contributed by atoms with Gasteiger partial charge in [-0.1, -0.05) is 11.6 Å². The molecule has 0 bridgehead atoms. The highest BCUT2D eigenvalue weighted by molar-refractivity contribution is 6.07. The second-order valence-corrected chi connectivity index (χ2v) is 7.70. The van der Waals surface area contributed by atoms with Crippen molar-refractivity contribution in [2.45, 2.75) is 57.5 Å². The molecule has 0 fully saturated rings. The average Bonchev–Trinajstić information content (AvgIpc) is 3.11. The molecular formula is C20H23NO2. The molecule has 2 unspecified atom stereocenters. The number of hydrogen-bond acceptors (Lipinski definition) is 3. The molecule has 4 aliphatic carbocycles. The minimum absolute atomic E-state index is 0.204. The molecule has 3 nitrogen and oxygen atoms in total. The number of carbonyl (C=O) groups excluding carboxylic acids is 1. The maximum atomic E-state index is 12.7. The lowest BCUT2D eigenvalue weighted by atomic mass is 9.65. The summed E-state index contributed by atoms with van der Waals surface area (Å²) in [6.07, 6.45) is 11.9. The van der Waals surface area contributed by atoms with Crippen molar-refractivity contribution in [2.75, 3.05) is 7.05 Å². The summed E-state index contributed by atoms with van der Waals surface area (Å²) in [5.74, 6) is 0.421. The number of likely N-dealkylation sites (N-methyl/N-ethyl adjacent to an activating group) is 1. The van der Waals surface area contributed by atoms with Gasteiger partial charge in [-0.25, -0.2) is 0 Å². The highest BCUT2D eigenvalue weighted by Crippen LogP contribution is 2.56. The van der Waals surface area contributed by atoms with Gasteiger partial charge in [0.25, 0.3) is 0 Å². The van der Waals surface area contributed by atoms with Gasteiger partial charge in [0.2, 0.25) is 0 Å². The Morgan fingerprint density at radius 1 is 1.26 bits per heavy atom. The van der Waals surface area contributed by atoms with Crippen LogP contribution in [0.1, 0.15) is 51.9 Å². The number of hydrogen-bond donors (Lipinski definition) is 0. The standard InChI is InChI=1S/C20H23NO2/c1-20-16-9-4-3-7-14(16)18(22)11-17(20)15-10-12-6-5-8-13(12)19(15)21(2)23-20/h7,11,16H,3-6,8-10H2,1-2H3. The first kappa shape index (κ1) is 13.8. The zero-order chi connectivity index (χ0) is 15.8. The van der Waals surface area contributed by atoms with Crippen LogP contribution >= 0.6 is 0 Å². The maximum Gasteiger partial charge on any atom is 0.182 e. The Kier molecular flexibility index (Phi) is 2.68. The number of ketones is 1. The summed E-state index contributed by atoms with van der Waals surface area (Å²) in [6.45, 7) is 2.19. The van der Waals surface area contributed by atoms with Gasteiger partial charge in [-0.15, -0.1) is 0 Å². The molecule has 0 aromatic carbocycles. The van der Waals surface area contributed by atoms with Gasteiger partial charge in [-0.3, -0.25) is 14.7 Å². The van der Waals surface area contributed by atoms with Crippen molar-refractivity contribution in [2.24, 2.45) is 5.92 Å². The summed E-state index contributed by atoms with van der Waals surface area (Å²) in [5.41, 5.74) is 7.46. The predicted octanol–water partition coefficient (Wildman–Crippen LogP) is 4.00. The van der Waals surface area contributed by atoms with Crippen molar-refractivity contribution in [1.82, 2.24) is 5.06 Å². The van der Waals surface area contributed by atoms with Crippen LogP contribution in [-0.4, -0.2) is 23.5 Å². The predicted molar refractivity (Wildman–Crippen MR) is 88.3 cm³/mol. The highest BCUT2D eigenvalue weighted by Gasteiger charge is 2.53. The second kappa shape index (κ2) is 4.47. The van der Waals surface area contributed by atoms with Crippen LogP contribution in [0.2, 0.25) is 0 Å². The van der Waals surface area contributed by atoms with Crippen LogP contribution in [0.5, 0.6) is 0 Å². The molecule has 0 aromatic rings. The molecule has 120 valence electrons. The topological polar surface area (TPSA) is 29.5 Å². The van der Waals surface area contributed by atoms with E-state index in [1.807, 2.05) is 18.2 Å². The molecule has 0 radical (unpaired) electrons. The van der Waals surface area contributed by atoms with Gasteiger partial charge in [-0.2, -0.15) is 0 Å². The summed E-state index contributed by atoms with van der Waals surface area (Å²) in [6, 6.07) is 0. The average molecular weight is 309 g/mol. The molecule has 1 heterocycles. The van der Waals surface area contributed by atoms with Gasteiger partial charge in [-0.05, 0) is 74.7 Å². The summed E-state index contributed by atoms with van der Waals surface area (Å²) in [7, 11) is 2.05. The van der Waals surface area contributed by atoms with E-state index in [2.05, 4.69) is 13.0 Å². The number of hydroxylamine groups is 2. The van der Waals surface area contributed by atoms with E-state index in [1.165, 1.54) is 29.7 Å². The molecule has 5 rings (SSSR count). The highest BCUT2D eigenvalue weighted by atomic mass is 16.7. The monoisotopic (exact) mass is 309 g/mol. The van der Waals surface area contributed by atoms with E-state index in [-0.39, 0.29) is 17.3 Å². The first-order valence-corrected chi connectivity index (χ1v) is 8.94. The minimum atomic E-state index is -0.381. The Hall–Kier alpha value is -1.61. The first-order valence-electron chi connectivity index (χ1n) is 8.94. The molecule has 0 N–H and O–H groups in total. The second-order valence-electron chi connectivity index (χ2n) is 7.70. The molecule has 1 aliphatic heterocycles. The number of nitrogens with zero attached hydrogens (tertiary/aromatic N) is 1. The van der Waals surface area contributed by atoms with Crippen molar-refractivity contribution in [3.63, 3.8) is 0 Å². The Labute approximate surface area is 137 Å². The minimum Gasteiger partial charge on any atom is -0.290 e. The molecule has 5 aliphatic rings. The normalized spacial score (nSPS) is 35.7. The fourth-order valence-corrected chi connectivity index (χ4v) is 5.47. The summed E-state index contributed by atoms with van der Waals surface area (Å²) < 4.78 is 0. The molecule has 2 atom stereocenters. The van der Waals surface area contributed by atoms with E-state index in [9.17, 15) is 4.79 Å². The quantitative estimate of drug-likeness (QED) is 0.677. The lowest BCUT2D eigenvalue weighted by Gasteiger charge is -2.49.